The van der Waals surface area contributed by atoms with Crippen LogP contribution in [0.25, 0.3) is 0 Å². The smallest absolute Gasteiger partial charge is 0.0474 e. The first-order valence-electron chi connectivity index (χ1n) is 5.54. The highest BCUT2D eigenvalue weighted by Crippen LogP contribution is 2.06. The first kappa shape index (κ1) is 13.9. The summed E-state index contributed by atoms with van der Waals surface area (Å²) in [6, 6.07) is 0.299. The van der Waals surface area contributed by atoms with Crippen molar-refractivity contribution in [2.75, 3.05) is 33.9 Å². The second-order valence-corrected chi connectivity index (χ2v) is 4.16. The van der Waals surface area contributed by atoms with Crippen molar-refractivity contribution in [2.45, 2.75) is 32.7 Å². The van der Waals surface area contributed by atoms with Gasteiger partial charge in [0, 0.05) is 32.8 Å². The van der Waals surface area contributed by atoms with Crippen molar-refractivity contribution in [2.24, 2.45) is 11.7 Å². The molecule has 14 heavy (non-hydrogen) atoms. The monoisotopic (exact) mass is 202 g/mol. The topological polar surface area (TPSA) is 38.5 Å². The molecule has 2 unspecified atom stereocenters. The lowest BCUT2D eigenvalue weighted by Gasteiger charge is -2.24. The highest BCUT2D eigenvalue weighted by molar-refractivity contribution is 4.71. The summed E-state index contributed by atoms with van der Waals surface area (Å²) >= 11 is 0. The minimum Gasteiger partial charge on any atom is -0.385 e. The summed E-state index contributed by atoms with van der Waals surface area (Å²) in [7, 11) is 3.86. The third-order valence-corrected chi connectivity index (χ3v) is 2.79. The number of hydrogen-bond acceptors (Lipinski definition) is 3. The third-order valence-electron chi connectivity index (χ3n) is 2.79. The number of ether oxygens (including phenoxy) is 1. The van der Waals surface area contributed by atoms with Crippen LogP contribution in [-0.2, 0) is 4.74 Å². The van der Waals surface area contributed by atoms with Gasteiger partial charge in [-0.1, -0.05) is 20.3 Å². The molecule has 0 amide bonds. The zero-order valence-corrected chi connectivity index (χ0v) is 10.1. The van der Waals surface area contributed by atoms with Crippen LogP contribution in [0.2, 0.25) is 0 Å². The molecule has 2 N–H and O–H groups in total. The molecule has 3 nitrogen and oxygen atoms in total. The Labute approximate surface area is 88.6 Å². The van der Waals surface area contributed by atoms with Gasteiger partial charge in [0.2, 0.25) is 0 Å². The maximum absolute atomic E-state index is 6.06. The van der Waals surface area contributed by atoms with Gasteiger partial charge in [-0.3, -0.25) is 0 Å². The van der Waals surface area contributed by atoms with Gasteiger partial charge < -0.3 is 15.4 Å². The molecule has 0 spiro atoms. The van der Waals surface area contributed by atoms with Crippen LogP contribution in [0.3, 0.4) is 0 Å². The molecule has 0 heterocycles. The quantitative estimate of drug-likeness (QED) is 0.603. The van der Waals surface area contributed by atoms with Gasteiger partial charge in [-0.15, -0.1) is 0 Å². The second-order valence-electron chi connectivity index (χ2n) is 4.16. The molecule has 2 atom stereocenters. The Morgan fingerprint density at radius 1 is 1.43 bits per heavy atom. The summed E-state index contributed by atoms with van der Waals surface area (Å²) in [5.41, 5.74) is 6.06. The van der Waals surface area contributed by atoms with E-state index in [2.05, 4.69) is 25.8 Å². The van der Waals surface area contributed by atoms with E-state index in [1.165, 1.54) is 0 Å². The van der Waals surface area contributed by atoms with Crippen molar-refractivity contribution in [1.82, 2.24) is 4.90 Å². The zero-order chi connectivity index (χ0) is 11.0. The van der Waals surface area contributed by atoms with Crippen LogP contribution in [0.1, 0.15) is 26.7 Å². The fraction of sp³-hybridized carbons (Fsp3) is 1.00. The summed E-state index contributed by atoms with van der Waals surface area (Å²) < 4.78 is 5.01. The van der Waals surface area contributed by atoms with Crippen LogP contribution in [0, 0.1) is 5.92 Å². The van der Waals surface area contributed by atoms with E-state index in [1.54, 1.807) is 7.11 Å². The Bertz CT molecular complexity index is 130. The molecular weight excluding hydrogens is 176 g/mol. The lowest BCUT2D eigenvalue weighted by molar-refractivity contribution is 0.175. The molecule has 0 aromatic rings. The zero-order valence-electron chi connectivity index (χ0n) is 10.1. The van der Waals surface area contributed by atoms with E-state index in [9.17, 15) is 0 Å². The molecule has 0 aromatic carbocycles. The van der Waals surface area contributed by atoms with E-state index in [0.717, 1.165) is 32.5 Å². The van der Waals surface area contributed by atoms with Crippen LogP contribution in [-0.4, -0.2) is 44.8 Å². The molecule has 0 bridgehead atoms. The number of hydrogen-bond donors (Lipinski definition) is 1. The standard InChI is InChI=1S/C11H26N2O/c1-5-10(2)11(12)9-13(3)7-6-8-14-4/h10-11H,5-9,12H2,1-4H3. The summed E-state index contributed by atoms with van der Waals surface area (Å²) in [5.74, 6) is 0.611. The Morgan fingerprint density at radius 2 is 2.07 bits per heavy atom. The first-order chi connectivity index (χ1) is 6.61. The van der Waals surface area contributed by atoms with E-state index in [4.69, 9.17) is 10.5 Å². The number of nitrogens with zero attached hydrogens (tertiary/aromatic N) is 1. The van der Waals surface area contributed by atoms with Gasteiger partial charge in [-0.25, -0.2) is 0 Å². The number of likely N-dealkylation sites (N-methyl/N-ethyl adjacent to an activating group) is 1. The Morgan fingerprint density at radius 3 is 2.57 bits per heavy atom. The second kappa shape index (κ2) is 8.21. The van der Waals surface area contributed by atoms with Crippen molar-refractivity contribution < 1.29 is 4.74 Å². The van der Waals surface area contributed by atoms with Crippen LogP contribution >= 0.6 is 0 Å². The van der Waals surface area contributed by atoms with Gasteiger partial charge in [0.1, 0.15) is 0 Å². The minimum absolute atomic E-state index is 0.299. The van der Waals surface area contributed by atoms with Crippen molar-refractivity contribution >= 4 is 0 Å². The van der Waals surface area contributed by atoms with Gasteiger partial charge >= 0.3 is 0 Å². The molecule has 86 valence electrons. The summed E-state index contributed by atoms with van der Waals surface area (Å²) in [6.07, 6.45) is 2.24. The van der Waals surface area contributed by atoms with Crippen molar-refractivity contribution in [1.29, 1.82) is 0 Å². The molecule has 0 saturated heterocycles. The number of nitrogens with two attached hydrogens (primary N) is 1. The molecule has 0 fully saturated rings. The van der Waals surface area contributed by atoms with Gasteiger partial charge in [0.15, 0.2) is 0 Å². The summed E-state index contributed by atoms with van der Waals surface area (Å²) in [6.45, 7) is 7.29. The Kier molecular flexibility index (Phi) is 8.14. The molecule has 0 aromatic heterocycles. The van der Waals surface area contributed by atoms with E-state index >= 15 is 0 Å². The lowest BCUT2D eigenvalue weighted by atomic mass is 10.00. The van der Waals surface area contributed by atoms with Gasteiger partial charge in [-0.05, 0) is 19.4 Å². The molecule has 0 radical (unpaired) electrons. The van der Waals surface area contributed by atoms with E-state index in [-0.39, 0.29) is 0 Å². The van der Waals surface area contributed by atoms with E-state index < -0.39 is 0 Å². The first-order valence-corrected chi connectivity index (χ1v) is 5.54. The molecule has 3 heteroatoms. The number of methoxy groups -OCH3 is 1. The third kappa shape index (κ3) is 6.35. The van der Waals surface area contributed by atoms with Crippen LogP contribution in [0.5, 0.6) is 0 Å². The van der Waals surface area contributed by atoms with Crippen molar-refractivity contribution in [3.63, 3.8) is 0 Å². The minimum atomic E-state index is 0.299. The predicted octanol–water partition coefficient (Wildman–Crippen LogP) is 1.33. The van der Waals surface area contributed by atoms with E-state index in [1.807, 2.05) is 0 Å². The maximum Gasteiger partial charge on any atom is 0.0474 e. The van der Waals surface area contributed by atoms with Crippen LogP contribution in [0.15, 0.2) is 0 Å². The molecule has 0 saturated carbocycles. The summed E-state index contributed by atoms with van der Waals surface area (Å²) in [5, 5.41) is 0. The van der Waals surface area contributed by atoms with Crippen molar-refractivity contribution in [3.05, 3.63) is 0 Å². The SMILES string of the molecule is CCC(C)C(N)CN(C)CCCOC. The maximum atomic E-state index is 6.06. The molecular formula is C11H26N2O. The normalized spacial score (nSPS) is 15.9. The summed E-state index contributed by atoms with van der Waals surface area (Å²) in [4.78, 5) is 2.29. The van der Waals surface area contributed by atoms with Crippen molar-refractivity contribution in [3.8, 4) is 0 Å². The fourth-order valence-corrected chi connectivity index (χ4v) is 1.41. The molecule has 0 aliphatic heterocycles. The largest absolute Gasteiger partial charge is 0.385 e. The van der Waals surface area contributed by atoms with E-state index in [0.29, 0.717) is 12.0 Å². The predicted molar refractivity (Wildman–Crippen MR) is 61.4 cm³/mol. The number of rotatable bonds is 8. The fourth-order valence-electron chi connectivity index (χ4n) is 1.41. The molecule has 0 aliphatic carbocycles. The average Bonchev–Trinajstić information content (AvgIpc) is 2.16. The average molecular weight is 202 g/mol. The molecule has 0 rings (SSSR count). The Hall–Kier alpha value is -0.120. The Balaban J connectivity index is 3.54. The van der Waals surface area contributed by atoms with Gasteiger partial charge in [-0.2, -0.15) is 0 Å². The lowest BCUT2D eigenvalue weighted by Crippen LogP contribution is -2.40. The highest BCUT2D eigenvalue weighted by Gasteiger charge is 2.12. The molecule has 0 aliphatic rings. The van der Waals surface area contributed by atoms with Gasteiger partial charge in [0.25, 0.3) is 0 Å². The van der Waals surface area contributed by atoms with Gasteiger partial charge in [0.05, 0.1) is 0 Å². The van der Waals surface area contributed by atoms with Crippen LogP contribution in [0.4, 0.5) is 0 Å². The van der Waals surface area contributed by atoms with Crippen LogP contribution < -0.4 is 5.73 Å². The highest BCUT2D eigenvalue weighted by atomic mass is 16.5.